The van der Waals surface area contributed by atoms with Crippen LogP contribution in [0.4, 0.5) is 0 Å². The minimum Gasteiger partial charge on any atom is -0.480 e. The first kappa shape index (κ1) is 9.90. The molecular weight excluding hydrogens is 150 g/mol. The SMILES string of the molecule is COCC(NC(C)=O)C(=O)O. The highest BCUT2D eigenvalue weighted by Gasteiger charge is 2.17. The van der Waals surface area contributed by atoms with E-state index in [2.05, 4.69) is 10.1 Å². The van der Waals surface area contributed by atoms with E-state index in [0.717, 1.165) is 0 Å². The second-order valence-electron chi connectivity index (χ2n) is 2.05. The summed E-state index contributed by atoms with van der Waals surface area (Å²) in [5.41, 5.74) is 0. The van der Waals surface area contributed by atoms with Gasteiger partial charge in [0.2, 0.25) is 5.91 Å². The maximum absolute atomic E-state index is 10.4. The first-order chi connectivity index (χ1) is 5.07. The molecule has 0 aliphatic rings. The lowest BCUT2D eigenvalue weighted by Crippen LogP contribution is -2.42. The molecule has 2 N–H and O–H groups in total. The Bertz CT molecular complexity index is 157. The number of ether oxygens (including phenoxy) is 1. The van der Waals surface area contributed by atoms with E-state index in [9.17, 15) is 9.59 Å². The topological polar surface area (TPSA) is 75.6 Å². The van der Waals surface area contributed by atoms with Crippen LogP contribution in [0.25, 0.3) is 0 Å². The van der Waals surface area contributed by atoms with Crippen molar-refractivity contribution in [3.05, 3.63) is 0 Å². The minimum atomic E-state index is -1.10. The number of carbonyl (C=O) groups excluding carboxylic acids is 1. The third kappa shape index (κ3) is 4.32. The van der Waals surface area contributed by atoms with E-state index in [-0.39, 0.29) is 12.5 Å². The average Bonchev–Trinajstić information content (AvgIpc) is 1.86. The van der Waals surface area contributed by atoms with Gasteiger partial charge in [0.1, 0.15) is 0 Å². The molecule has 0 heterocycles. The molecule has 0 aliphatic heterocycles. The Balaban J connectivity index is 3.89. The zero-order chi connectivity index (χ0) is 8.85. The van der Waals surface area contributed by atoms with Gasteiger partial charge >= 0.3 is 5.97 Å². The first-order valence-corrected chi connectivity index (χ1v) is 3.06. The van der Waals surface area contributed by atoms with Crippen LogP contribution in [-0.2, 0) is 14.3 Å². The molecule has 0 rings (SSSR count). The fraction of sp³-hybridized carbons (Fsp3) is 0.667. The normalized spacial score (nSPS) is 12.2. The highest BCUT2D eigenvalue weighted by atomic mass is 16.5. The number of nitrogens with one attached hydrogen (secondary N) is 1. The smallest absolute Gasteiger partial charge is 0.328 e. The molecule has 0 saturated heterocycles. The number of hydrogen-bond acceptors (Lipinski definition) is 3. The van der Waals surface area contributed by atoms with Gasteiger partial charge in [-0.15, -0.1) is 0 Å². The zero-order valence-electron chi connectivity index (χ0n) is 6.46. The van der Waals surface area contributed by atoms with Crippen molar-refractivity contribution < 1.29 is 19.4 Å². The molecule has 0 aliphatic carbocycles. The largest absolute Gasteiger partial charge is 0.480 e. The summed E-state index contributed by atoms with van der Waals surface area (Å²) < 4.78 is 4.57. The maximum atomic E-state index is 10.4. The maximum Gasteiger partial charge on any atom is 0.328 e. The standard InChI is InChI=1S/C6H11NO4/c1-4(8)7-5(3-11-2)6(9)10/h5H,3H2,1-2H3,(H,7,8)(H,9,10). The van der Waals surface area contributed by atoms with Crippen LogP contribution in [0.2, 0.25) is 0 Å². The summed E-state index contributed by atoms with van der Waals surface area (Å²) in [5, 5.41) is 10.7. The first-order valence-electron chi connectivity index (χ1n) is 3.06. The lowest BCUT2D eigenvalue weighted by molar-refractivity contribution is -0.143. The third-order valence-corrected chi connectivity index (χ3v) is 1.01. The van der Waals surface area contributed by atoms with Crippen molar-refractivity contribution in [2.45, 2.75) is 13.0 Å². The average molecular weight is 161 g/mol. The second kappa shape index (κ2) is 4.68. The van der Waals surface area contributed by atoms with Crippen LogP contribution in [0.15, 0.2) is 0 Å². The molecule has 1 amide bonds. The van der Waals surface area contributed by atoms with Crippen molar-refractivity contribution in [3.8, 4) is 0 Å². The van der Waals surface area contributed by atoms with Crippen molar-refractivity contribution in [2.24, 2.45) is 0 Å². The summed E-state index contributed by atoms with van der Waals surface area (Å²) in [7, 11) is 1.37. The van der Waals surface area contributed by atoms with Gasteiger partial charge in [-0.2, -0.15) is 0 Å². The van der Waals surface area contributed by atoms with E-state index >= 15 is 0 Å². The van der Waals surface area contributed by atoms with Crippen molar-refractivity contribution in [1.29, 1.82) is 0 Å². The number of aliphatic carboxylic acids is 1. The van der Waals surface area contributed by atoms with Crippen molar-refractivity contribution in [3.63, 3.8) is 0 Å². The molecule has 64 valence electrons. The molecule has 5 heteroatoms. The number of amides is 1. The number of carbonyl (C=O) groups is 2. The Hall–Kier alpha value is -1.10. The van der Waals surface area contributed by atoms with Gasteiger partial charge in [0.05, 0.1) is 6.61 Å². The van der Waals surface area contributed by atoms with Crippen LogP contribution >= 0.6 is 0 Å². The summed E-state index contributed by atoms with van der Waals surface area (Å²) in [4.78, 5) is 20.7. The zero-order valence-corrected chi connectivity index (χ0v) is 6.46. The monoisotopic (exact) mass is 161 g/mol. The number of hydrogen-bond donors (Lipinski definition) is 2. The highest BCUT2D eigenvalue weighted by Crippen LogP contribution is 1.84. The van der Waals surface area contributed by atoms with Crippen LogP contribution in [0.3, 0.4) is 0 Å². The molecule has 1 unspecified atom stereocenters. The van der Waals surface area contributed by atoms with E-state index in [1.165, 1.54) is 14.0 Å². The fourth-order valence-electron chi connectivity index (χ4n) is 0.587. The molecule has 0 aromatic carbocycles. The molecule has 0 bridgehead atoms. The van der Waals surface area contributed by atoms with Crippen molar-refractivity contribution in [1.82, 2.24) is 5.32 Å². The van der Waals surface area contributed by atoms with Crippen LogP contribution in [0.1, 0.15) is 6.92 Å². The van der Waals surface area contributed by atoms with Gasteiger partial charge in [-0.3, -0.25) is 4.79 Å². The molecule has 5 nitrogen and oxygen atoms in total. The van der Waals surface area contributed by atoms with Crippen LogP contribution in [0, 0.1) is 0 Å². The number of carboxylic acids is 1. The van der Waals surface area contributed by atoms with Gasteiger partial charge in [0.25, 0.3) is 0 Å². The molecule has 0 fully saturated rings. The molecule has 11 heavy (non-hydrogen) atoms. The Morgan fingerprint density at radius 2 is 2.18 bits per heavy atom. The van der Waals surface area contributed by atoms with Crippen LogP contribution < -0.4 is 5.32 Å². The molecular formula is C6H11NO4. The Labute approximate surface area is 64.3 Å². The second-order valence-corrected chi connectivity index (χ2v) is 2.05. The van der Waals surface area contributed by atoms with Gasteiger partial charge in [-0.05, 0) is 0 Å². The van der Waals surface area contributed by atoms with E-state index < -0.39 is 12.0 Å². The summed E-state index contributed by atoms with van der Waals surface area (Å²) in [6.07, 6.45) is 0. The van der Waals surface area contributed by atoms with E-state index in [0.29, 0.717) is 0 Å². The molecule has 1 atom stereocenters. The summed E-state index contributed by atoms with van der Waals surface area (Å²) >= 11 is 0. The third-order valence-electron chi connectivity index (χ3n) is 1.01. The summed E-state index contributed by atoms with van der Waals surface area (Å²) in [6, 6.07) is -0.947. The molecule has 0 saturated carbocycles. The van der Waals surface area contributed by atoms with Gasteiger partial charge in [0.15, 0.2) is 6.04 Å². The Morgan fingerprint density at radius 3 is 2.45 bits per heavy atom. The lowest BCUT2D eigenvalue weighted by atomic mass is 10.3. The van der Waals surface area contributed by atoms with E-state index in [4.69, 9.17) is 5.11 Å². The summed E-state index contributed by atoms with van der Waals surface area (Å²) in [6.45, 7) is 1.24. The predicted molar refractivity (Wildman–Crippen MR) is 37.1 cm³/mol. The lowest BCUT2D eigenvalue weighted by Gasteiger charge is -2.10. The molecule has 0 aromatic heterocycles. The number of carboxylic acid groups (broad SMARTS) is 1. The number of rotatable bonds is 4. The van der Waals surface area contributed by atoms with Gasteiger partial charge < -0.3 is 15.2 Å². The number of methoxy groups -OCH3 is 1. The molecule has 0 radical (unpaired) electrons. The van der Waals surface area contributed by atoms with Crippen LogP contribution in [0.5, 0.6) is 0 Å². The van der Waals surface area contributed by atoms with E-state index in [1.807, 2.05) is 0 Å². The highest BCUT2D eigenvalue weighted by molar-refractivity contribution is 5.82. The Kier molecular flexibility index (Phi) is 4.21. The minimum absolute atomic E-state index is 0.0189. The van der Waals surface area contributed by atoms with E-state index in [1.54, 1.807) is 0 Å². The van der Waals surface area contributed by atoms with Crippen molar-refractivity contribution >= 4 is 11.9 Å². The van der Waals surface area contributed by atoms with Crippen LogP contribution in [-0.4, -0.2) is 36.7 Å². The fourth-order valence-corrected chi connectivity index (χ4v) is 0.587. The molecule has 0 spiro atoms. The summed E-state index contributed by atoms with van der Waals surface area (Å²) in [5.74, 6) is -1.48. The Morgan fingerprint density at radius 1 is 1.64 bits per heavy atom. The van der Waals surface area contributed by atoms with Crippen molar-refractivity contribution in [2.75, 3.05) is 13.7 Å². The van der Waals surface area contributed by atoms with Gasteiger partial charge in [0, 0.05) is 14.0 Å². The van der Waals surface area contributed by atoms with Gasteiger partial charge in [-0.1, -0.05) is 0 Å². The van der Waals surface area contributed by atoms with Gasteiger partial charge in [-0.25, -0.2) is 4.79 Å². The predicted octanol–water partition coefficient (Wildman–Crippen LogP) is -0.778. The quantitative estimate of drug-likeness (QED) is 0.567. The molecule has 0 aromatic rings.